The smallest absolute Gasteiger partial charge is 0.410 e. The van der Waals surface area contributed by atoms with Crippen LogP contribution >= 0.6 is 0 Å². The van der Waals surface area contributed by atoms with Crippen molar-refractivity contribution >= 4 is 6.09 Å². The normalized spacial score (nSPS) is 22.4. The molecule has 2 atom stereocenters. The molecule has 1 unspecified atom stereocenters. The van der Waals surface area contributed by atoms with E-state index < -0.39 is 11.2 Å². The summed E-state index contributed by atoms with van der Waals surface area (Å²) in [5.41, 5.74) is 1.38. The van der Waals surface area contributed by atoms with Crippen LogP contribution in [0.3, 0.4) is 0 Å². The first kappa shape index (κ1) is 23.6. The molecule has 2 heterocycles. The second-order valence-electron chi connectivity index (χ2n) is 10.7. The van der Waals surface area contributed by atoms with E-state index in [9.17, 15) is 14.7 Å². The number of nitrogens with zero attached hydrogens (tertiary/aromatic N) is 2. The highest BCUT2D eigenvalue weighted by molar-refractivity contribution is 5.70. The molecule has 0 radical (unpaired) electrons. The third kappa shape index (κ3) is 5.01. The van der Waals surface area contributed by atoms with Crippen LogP contribution in [0.15, 0.2) is 47.4 Å². The summed E-state index contributed by atoms with van der Waals surface area (Å²) in [6.45, 7) is 10.2. The van der Waals surface area contributed by atoms with Crippen molar-refractivity contribution in [3.05, 3.63) is 58.5 Å². The fraction of sp³-hybridized carbons (Fsp3) is 0.556. The summed E-state index contributed by atoms with van der Waals surface area (Å²) >= 11 is 0. The maximum absolute atomic E-state index is 13.0. The van der Waals surface area contributed by atoms with Gasteiger partial charge in [-0.25, -0.2) is 4.79 Å². The molecule has 0 bridgehead atoms. The molecule has 2 aliphatic rings. The SMILES string of the molecule is CC(C)C1(CC(C)(C)O)CCN([C@@H](C)c2ccc(-c3ccn(C4CC4)c(=O)c3)cc2)C(=O)O1. The number of hydrogen-bond donors (Lipinski definition) is 1. The number of cyclic esters (lactones) is 1. The number of benzene rings is 1. The van der Waals surface area contributed by atoms with Crippen LogP contribution in [-0.4, -0.2) is 38.4 Å². The minimum Gasteiger partial charge on any atom is -0.442 e. The van der Waals surface area contributed by atoms with Crippen LogP contribution in [0.1, 0.15) is 77.9 Å². The fourth-order valence-corrected chi connectivity index (χ4v) is 4.96. The third-order valence-electron chi connectivity index (χ3n) is 7.17. The molecular weight excluding hydrogens is 416 g/mol. The van der Waals surface area contributed by atoms with Gasteiger partial charge in [0.2, 0.25) is 0 Å². The molecule has 1 aromatic carbocycles. The number of hydrogen-bond acceptors (Lipinski definition) is 4. The largest absolute Gasteiger partial charge is 0.442 e. The Bertz CT molecular complexity index is 1060. The lowest BCUT2D eigenvalue weighted by atomic mass is 9.77. The van der Waals surface area contributed by atoms with Gasteiger partial charge in [-0.2, -0.15) is 0 Å². The summed E-state index contributed by atoms with van der Waals surface area (Å²) in [7, 11) is 0. The third-order valence-corrected chi connectivity index (χ3v) is 7.17. The van der Waals surface area contributed by atoms with Gasteiger partial charge >= 0.3 is 6.09 Å². The predicted octanol–water partition coefficient (Wildman–Crippen LogP) is 5.31. The van der Waals surface area contributed by atoms with Crippen LogP contribution in [-0.2, 0) is 4.74 Å². The number of aromatic nitrogens is 1. The minimum absolute atomic E-state index is 0.0446. The number of pyridine rings is 1. The minimum atomic E-state index is -0.909. The van der Waals surface area contributed by atoms with Crippen molar-refractivity contribution in [3.8, 4) is 11.1 Å². The van der Waals surface area contributed by atoms with Crippen LogP contribution in [0.5, 0.6) is 0 Å². The lowest BCUT2D eigenvalue weighted by Gasteiger charge is -2.47. The van der Waals surface area contributed by atoms with E-state index in [1.807, 2.05) is 61.9 Å². The molecule has 178 valence electrons. The highest BCUT2D eigenvalue weighted by Gasteiger charge is 2.47. The van der Waals surface area contributed by atoms with E-state index in [4.69, 9.17) is 4.74 Å². The Morgan fingerprint density at radius 3 is 2.27 bits per heavy atom. The quantitative estimate of drug-likeness (QED) is 0.618. The van der Waals surface area contributed by atoms with E-state index in [1.54, 1.807) is 24.8 Å². The summed E-state index contributed by atoms with van der Waals surface area (Å²) in [6.07, 6.45) is 4.82. The molecule has 1 aliphatic heterocycles. The highest BCUT2D eigenvalue weighted by Crippen LogP contribution is 2.40. The van der Waals surface area contributed by atoms with Crippen LogP contribution in [0.4, 0.5) is 4.79 Å². The standard InChI is InChI=1S/C27H36N2O4/c1-18(2)27(17-26(4,5)32)13-15-28(25(31)33-27)19(3)20-6-8-21(9-7-20)22-12-14-29(23-10-11-23)24(30)16-22/h6-9,12,14,16,18-19,23,32H,10-11,13,15,17H2,1-5H3/t19-,27?/m0/s1. The van der Waals surface area contributed by atoms with Crippen molar-refractivity contribution in [2.45, 2.75) is 83.6 Å². The second kappa shape index (κ2) is 8.64. The number of rotatable bonds is 7. The number of carbonyl (C=O) groups excluding carboxylic acids is 1. The van der Waals surface area contributed by atoms with Crippen molar-refractivity contribution < 1.29 is 14.6 Å². The molecule has 1 aromatic heterocycles. The van der Waals surface area contributed by atoms with Crippen LogP contribution in [0.25, 0.3) is 11.1 Å². The van der Waals surface area contributed by atoms with E-state index in [-0.39, 0.29) is 23.6 Å². The Labute approximate surface area is 196 Å². The monoisotopic (exact) mass is 452 g/mol. The van der Waals surface area contributed by atoms with Gasteiger partial charge < -0.3 is 19.3 Å². The Balaban J connectivity index is 1.47. The summed E-state index contributed by atoms with van der Waals surface area (Å²) in [6, 6.07) is 12.0. The summed E-state index contributed by atoms with van der Waals surface area (Å²) in [4.78, 5) is 27.2. The molecular formula is C27H36N2O4. The van der Waals surface area contributed by atoms with Gasteiger partial charge in [0.1, 0.15) is 5.60 Å². The number of amides is 1. The lowest BCUT2D eigenvalue weighted by molar-refractivity contribution is -0.119. The van der Waals surface area contributed by atoms with Gasteiger partial charge in [-0.05, 0) is 62.3 Å². The van der Waals surface area contributed by atoms with E-state index in [0.29, 0.717) is 25.4 Å². The molecule has 6 nitrogen and oxygen atoms in total. The average Bonchev–Trinajstić information content (AvgIpc) is 3.57. The second-order valence-corrected chi connectivity index (χ2v) is 10.7. The molecule has 2 fully saturated rings. The fourth-order valence-electron chi connectivity index (χ4n) is 4.96. The molecule has 0 spiro atoms. The van der Waals surface area contributed by atoms with Crippen molar-refractivity contribution in [1.29, 1.82) is 0 Å². The molecule has 1 amide bonds. The molecule has 33 heavy (non-hydrogen) atoms. The highest BCUT2D eigenvalue weighted by atomic mass is 16.6. The topological polar surface area (TPSA) is 71.8 Å². The van der Waals surface area contributed by atoms with Gasteiger partial charge in [0.05, 0.1) is 11.6 Å². The van der Waals surface area contributed by atoms with Crippen molar-refractivity contribution in [2.24, 2.45) is 5.92 Å². The first-order valence-electron chi connectivity index (χ1n) is 12.0. The van der Waals surface area contributed by atoms with Crippen LogP contribution in [0.2, 0.25) is 0 Å². The summed E-state index contributed by atoms with van der Waals surface area (Å²) in [5, 5.41) is 10.4. The average molecular weight is 453 g/mol. The van der Waals surface area contributed by atoms with Crippen molar-refractivity contribution in [3.63, 3.8) is 0 Å². The zero-order valence-electron chi connectivity index (χ0n) is 20.4. The van der Waals surface area contributed by atoms with Crippen LogP contribution < -0.4 is 5.56 Å². The number of carbonyl (C=O) groups is 1. The molecule has 1 saturated heterocycles. The zero-order chi connectivity index (χ0) is 24.0. The molecule has 6 heteroatoms. The number of ether oxygens (including phenoxy) is 1. The zero-order valence-corrected chi connectivity index (χ0v) is 20.4. The molecule has 2 aromatic rings. The van der Waals surface area contributed by atoms with Crippen LogP contribution in [0, 0.1) is 5.92 Å². The van der Waals surface area contributed by atoms with Gasteiger partial charge in [-0.15, -0.1) is 0 Å². The summed E-state index contributed by atoms with van der Waals surface area (Å²) < 4.78 is 7.81. The Morgan fingerprint density at radius 2 is 1.76 bits per heavy atom. The molecule has 1 saturated carbocycles. The van der Waals surface area contributed by atoms with E-state index in [0.717, 1.165) is 29.5 Å². The van der Waals surface area contributed by atoms with E-state index in [1.165, 1.54) is 0 Å². The molecule has 4 rings (SSSR count). The lowest BCUT2D eigenvalue weighted by Crippen LogP contribution is -2.55. The van der Waals surface area contributed by atoms with Gasteiger partial charge in [-0.1, -0.05) is 38.1 Å². The summed E-state index contributed by atoms with van der Waals surface area (Å²) in [5.74, 6) is 0.111. The Morgan fingerprint density at radius 1 is 1.09 bits per heavy atom. The van der Waals surface area contributed by atoms with Gasteiger partial charge in [0, 0.05) is 37.7 Å². The first-order valence-corrected chi connectivity index (χ1v) is 12.0. The Hall–Kier alpha value is -2.60. The predicted molar refractivity (Wildman–Crippen MR) is 129 cm³/mol. The van der Waals surface area contributed by atoms with Gasteiger partial charge in [0.15, 0.2) is 0 Å². The number of aliphatic hydroxyl groups is 1. The van der Waals surface area contributed by atoms with Crippen molar-refractivity contribution in [2.75, 3.05) is 6.54 Å². The Kier molecular flexibility index (Phi) is 6.16. The van der Waals surface area contributed by atoms with Crippen molar-refractivity contribution in [1.82, 2.24) is 9.47 Å². The molecule has 1 N–H and O–H groups in total. The first-order chi connectivity index (χ1) is 15.5. The van der Waals surface area contributed by atoms with Gasteiger partial charge in [0.25, 0.3) is 5.56 Å². The van der Waals surface area contributed by atoms with Gasteiger partial charge in [-0.3, -0.25) is 4.79 Å². The maximum atomic E-state index is 13.0. The molecule has 1 aliphatic carbocycles. The van der Waals surface area contributed by atoms with E-state index in [2.05, 4.69) is 0 Å². The van der Waals surface area contributed by atoms with E-state index >= 15 is 0 Å². The maximum Gasteiger partial charge on any atom is 0.410 e.